The monoisotopic (exact) mass is 266 g/mol. The molecule has 0 spiro atoms. The third kappa shape index (κ3) is 2.83. The molecular formula is C11H11BrN2O. The van der Waals surface area contributed by atoms with Crippen molar-refractivity contribution < 1.29 is 4.74 Å². The van der Waals surface area contributed by atoms with Crippen molar-refractivity contribution in [1.29, 1.82) is 0 Å². The zero-order valence-corrected chi connectivity index (χ0v) is 9.94. The molecule has 0 bridgehead atoms. The van der Waals surface area contributed by atoms with Crippen molar-refractivity contribution >= 4 is 15.9 Å². The summed E-state index contributed by atoms with van der Waals surface area (Å²) in [5, 5.41) is 4.09. The fraction of sp³-hybridized carbons (Fsp3) is 0.182. The average Bonchev–Trinajstić information content (AvgIpc) is 2.64. The quantitative estimate of drug-likeness (QED) is 0.854. The Labute approximate surface area is 96.8 Å². The van der Waals surface area contributed by atoms with Gasteiger partial charge in [0, 0.05) is 6.20 Å². The van der Waals surface area contributed by atoms with Gasteiger partial charge in [-0.25, -0.2) is 4.68 Å². The second kappa shape index (κ2) is 4.49. The highest BCUT2D eigenvalue weighted by atomic mass is 79.9. The molecule has 1 aromatic heterocycles. The molecule has 0 aliphatic rings. The van der Waals surface area contributed by atoms with E-state index in [1.54, 1.807) is 10.9 Å². The molecule has 0 saturated carbocycles. The highest BCUT2D eigenvalue weighted by Crippen LogP contribution is 2.12. The van der Waals surface area contributed by atoms with E-state index in [2.05, 4.69) is 21.0 Å². The molecule has 0 amide bonds. The molecule has 1 aromatic carbocycles. The summed E-state index contributed by atoms with van der Waals surface area (Å²) in [6, 6.07) is 7.95. The topological polar surface area (TPSA) is 27.1 Å². The number of hydrogen-bond donors (Lipinski definition) is 0. The molecule has 0 fully saturated rings. The summed E-state index contributed by atoms with van der Waals surface area (Å²) in [7, 11) is 0. The normalized spacial score (nSPS) is 10.3. The molecule has 0 N–H and O–H groups in total. The minimum Gasteiger partial charge on any atom is -0.471 e. The molecule has 4 heteroatoms. The summed E-state index contributed by atoms with van der Waals surface area (Å²) >= 11 is 3.33. The molecule has 0 atom stereocenters. The van der Waals surface area contributed by atoms with Gasteiger partial charge in [0.05, 0.1) is 10.7 Å². The largest absolute Gasteiger partial charge is 0.471 e. The highest BCUT2D eigenvalue weighted by Gasteiger charge is 1.96. The molecule has 78 valence electrons. The van der Waals surface area contributed by atoms with Gasteiger partial charge in [-0.2, -0.15) is 5.10 Å². The van der Waals surface area contributed by atoms with Gasteiger partial charge in [-0.15, -0.1) is 0 Å². The minimum atomic E-state index is 0.425. The van der Waals surface area contributed by atoms with Gasteiger partial charge in [0.25, 0.3) is 0 Å². The lowest BCUT2D eigenvalue weighted by Crippen LogP contribution is -2.05. The van der Waals surface area contributed by atoms with Gasteiger partial charge in [-0.1, -0.05) is 17.7 Å². The number of aromatic nitrogens is 2. The summed E-state index contributed by atoms with van der Waals surface area (Å²) in [6.45, 7) is 2.48. The first-order valence-corrected chi connectivity index (χ1v) is 5.41. The van der Waals surface area contributed by atoms with Crippen LogP contribution < -0.4 is 4.74 Å². The van der Waals surface area contributed by atoms with Crippen molar-refractivity contribution in [3.05, 3.63) is 46.7 Å². The smallest absolute Gasteiger partial charge is 0.180 e. The fourth-order valence-electron chi connectivity index (χ4n) is 1.18. The maximum Gasteiger partial charge on any atom is 0.180 e. The van der Waals surface area contributed by atoms with Crippen LogP contribution in [0.5, 0.6) is 5.75 Å². The van der Waals surface area contributed by atoms with E-state index in [0.717, 1.165) is 10.2 Å². The van der Waals surface area contributed by atoms with E-state index >= 15 is 0 Å². The van der Waals surface area contributed by atoms with Gasteiger partial charge in [0.1, 0.15) is 5.75 Å². The second-order valence-electron chi connectivity index (χ2n) is 3.28. The second-order valence-corrected chi connectivity index (χ2v) is 4.20. The van der Waals surface area contributed by atoms with Crippen LogP contribution in [0.3, 0.4) is 0 Å². The van der Waals surface area contributed by atoms with Crippen LogP contribution in [0, 0.1) is 6.92 Å². The lowest BCUT2D eigenvalue weighted by atomic mass is 10.2. The number of halogens is 1. The average molecular weight is 267 g/mol. The molecule has 15 heavy (non-hydrogen) atoms. The zero-order chi connectivity index (χ0) is 10.7. The molecule has 0 aliphatic carbocycles. The van der Waals surface area contributed by atoms with Crippen LogP contribution in [0.4, 0.5) is 0 Å². The first-order chi connectivity index (χ1) is 7.24. The standard InChI is InChI=1S/C11H11BrN2O/c1-9-2-4-11(5-3-9)15-8-14-7-10(12)6-13-14/h2-7H,8H2,1H3. The van der Waals surface area contributed by atoms with Crippen molar-refractivity contribution in [2.24, 2.45) is 0 Å². The molecule has 0 aliphatic heterocycles. The Balaban J connectivity index is 1.96. The van der Waals surface area contributed by atoms with E-state index in [4.69, 9.17) is 4.74 Å². The van der Waals surface area contributed by atoms with Gasteiger partial charge in [0.15, 0.2) is 6.73 Å². The van der Waals surface area contributed by atoms with E-state index in [1.165, 1.54) is 5.56 Å². The summed E-state index contributed by atoms with van der Waals surface area (Å²) < 4.78 is 8.22. The predicted octanol–water partition coefficient (Wildman–Crippen LogP) is 2.99. The highest BCUT2D eigenvalue weighted by molar-refractivity contribution is 9.10. The molecule has 3 nitrogen and oxygen atoms in total. The Morgan fingerprint density at radius 1 is 1.33 bits per heavy atom. The summed E-state index contributed by atoms with van der Waals surface area (Å²) in [5.74, 6) is 0.854. The Kier molecular flexibility index (Phi) is 3.06. The molecular weight excluding hydrogens is 256 g/mol. The number of hydrogen-bond acceptors (Lipinski definition) is 2. The lowest BCUT2D eigenvalue weighted by Gasteiger charge is -2.05. The minimum absolute atomic E-state index is 0.425. The van der Waals surface area contributed by atoms with Crippen molar-refractivity contribution in [3.63, 3.8) is 0 Å². The molecule has 2 rings (SSSR count). The third-order valence-electron chi connectivity index (χ3n) is 1.99. The Morgan fingerprint density at radius 3 is 2.67 bits per heavy atom. The van der Waals surface area contributed by atoms with Crippen LogP contribution in [-0.4, -0.2) is 9.78 Å². The summed E-state index contributed by atoms with van der Waals surface area (Å²) in [6.07, 6.45) is 3.60. The SMILES string of the molecule is Cc1ccc(OCn2cc(Br)cn2)cc1. The number of aryl methyl sites for hydroxylation is 1. The summed E-state index contributed by atoms with van der Waals surface area (Å²) in [4.78, 5) is 0. The third-order valence-corrected chi connectivity index (χ3v) is 2.40. The fourth-order valence-corrected chi connectivity index (χ4v) is 1.51. The van der Waals surface area contributed by atoms with Crippen molar-refractivity contribution in [2.75, 3.05) is 0 Å². The Bertz CT molecular complexity index is 436. The van der Waals surface area contributed by atoms with Gasteiger partial charge in [0.2, 0.25) is 0 Å². The Morgan fingerprint density at radius 2 is 2.07 bits per heavy atom. The van der Waals surface area contributed by atoms with Crippen LogP contribution in [0.25, 0.3) is 0 Å². The van der Waals surface area contributed by atoms with E-state index in [9.17, 15) is 0 Å². The number of nitrogens with zero attached hydrogens (tertiary/aromatic N) is 2. The van der Waals surface area contributed by atoms with E-state index < -0.39 is 0 Å². The Hall–Kier alpha value is -1.29. The number of benzene rings is 1. The van der Waals surface area contributed by atoms with E-state index in [1.807, 2.05) is 37.4 Å². The van der Waals surface area contributed by atoms with Crippen LogP contribution in [0.1, 0.15) is 5.56 Å². The zero-order valence-electron chi connectivity index (χ0n) is 8.35. The first-order valence-electron chi connectivity index (χ1n) is 4.61. The molecule has 0 unspecified atom stereocenters. The van der Waals surface area contributed by atoms with Crippen LogP contribution in [-0.2, 0) is 6.73 Å². The molecule has 2 aromatic rings. The number of ether oxygens (including phenoxy) is 1. The lowest BCUT2D eigenvalue weighted by molar-refractivity contribution is 0.221. The molecule has 0 radical (unpaired) electrons. The summed E-state index contributed by atoms with van der Waals surface area (Å²) in [5.41, 5.74) is 1.23. The van der Waals surface area contributed by atoms with E-state index in [-0.39, 0.29) is 0 Å². The van der Waals surface area contributed by atoms with Gasteiger partial charge in [-0.3, -0.25) is 0 Å². The maximum atomic E-state index is 5.54. The van der Waals surface area contributed by atoms with Crippen molar-refractivity contribution in [3.8, 4) is 5.75 Å². The predicted molar refractivity (Wildman–Crippen MR) is 61.7 cm³/mol. The van der Waals surface area contributed by atoms with E-state index in [0.29, 0.717) is 6.73 Å². The van der Waals surface area contributed by atoms with Crippen molar-refractivity contribution in [1.82, 2.24) is 9.78 Å². The van der Waals surface area contributed by atoms with Crippen LogP contribution >= 0.6 is 15.9 Å². The van der Waals surface area contributed by atoms with Gasteiger partial charge < -0.3 is 4.74 Å². The first kappa shape index (κ1) is 10.2. The van der Waals surface area contributed by atoms with Gasteiger partial charge >= 0.3 is 0 Å². The number of rotatable bonds is 3. The van der Waals surface area contributed by atoms with Gasteiger partial charge in [-0.05, 0) is 35.0 Å². The van der Waals surface area contributed by atoms with Crippen LogP contribution in [0.15, 0.2) is 41.1 Å². The molecule has 1 heterocycles. The maximum absolute atomic E-state index is 5.54. The van der Waals surface area contributed by atoms with Crippen molar-refractivity contribution in [2.45, 2.75) is 13.7 Å². The molecule has 0 saturated heterocycles. The van der Waals surface area contributed by atoms with Crippen LogP contribution in [0.2, 0.25) is 0 Å².